The number of rotatable bonds is 2. The summed E-state index contributed by atoms with van der Waals surface area (Å²) in [5.74, 6) is -0.177. The van der Waals surface area contributed by atoms with Crippen molar-refractivity contribution < 1.29 is 4.79 Å². The summed E-state index contributed by atoms with van der Waals surface area (Å²) in [5, 5.41) is 7.14. The number of carbonyl (C=O) groups is 1. The average Bonchev–Trinajstić information content (AvgIpc) is 2.68. The summed E-state index contributed by atoms with van der Waals surface area (Å²) in [6.07, 6.45) is 0.914. The molecule has 0 aliphatic carbocycles. The molecule has 1 unspecified atom stereocenters. The summed E-state index contributed by atoms with van der Waals surface area (Å²) >= 11 is 11.8. The van der Waals surface area contributed by atoms with E-state index in [1.165, 1.54) is 0 Å². The fraction of sp³-hybridized carbons (Fsp3) is 0.417. The number of hydrogen-bond donors (Lipinski definition) is 2. The van der Waals surface area contributed by atoms with Crippen molar-refractivity contribution in [3.8, 4) is 0 Å². The topological polar surface area (TPSA) is 41.1 Å². The van der Waals surface area contributed by atoms with Crippen LogP contribution in [-0.2, 0) is 0 Å². The van der Waals surface area contributed by atoms with Gasteiger partial charge < -0.3 is 10.6 Å². The number of benzene rings is 1. The van der Waals surface area contributed by atoms with Crippen molar-refractivity contribution in [1.82, 2.24) is 10.6 Å². The SMILES string of the molecule is CC1(NC(=O)c2cc(Cl)ccc2Cl)CCNC1. The molecule has 0 radical (unpaired) electrons. The van der Waals surface area contributed by atoms with Gasteiger partial charge in [-0.05, 0) is 38.1 Å². The van der Waals surface area contributed by atoms with Gasteiger partial charge in [0.25, 0.3) is 5.91 Å². The van der Waals surface area contributed by atoms with Crippen LogP contribution in [0.4, 0.5) is 0 Å². The second-order valence-electron chi connectivity index (χ2n) is 4.57. The molecule has 1 saturated heterocycles. The fourth-order valence-electron chi connectivity index (χ4n) is 1.94. The van der Waals surface area contributed by atoms with E-state index >= 15 is 0 Å². The number of hydrogen-bond acceptors (Lipinski definition) is 2. The van der Waals surface area contributed by atoms with Crippen LogP contribution in [0.25, 0.3) is 0 Å². The number of nitrogens with one attached hydrogen (secondary N) is 2. The normalized spacial score (nSPS) is 23.7. The highest BCUT2D eigenvalue weighted by molar-refractivity contribution is 6.35. The van der Waals surface area contributed by atoms with Gasteiger partial charge in [0.2, 0.25) is 0 Å². The maximum absolute atomic E-state index is 12.1. The van der Waals surface area contributed by atoms with Crippen LogP contribution in [0.1, 0.15) is 23.7 Å². The summed E-state index contributed by atoms with van der Waals surface area (Å²) in [6, 6.07) is 4.89. The summed E-state index contributed by atoms with van der Waals surface area (Å²) in [4.78, 5) is 12.1. The molecular weight excluding hydrogens is 259 g/mol. The van der Waals surface area contributed by atoms with Gasteiger partial charge in [-0.25, -0.2) is 0 Å². The van der Waals surface area contributed by atoms with Crippen LogP contribution >= 0.6 is 23.2 Å². The minimum absolute atomic E-state index is 0.177. The molecule has 1 aliphatic heterocycles. The third-order valence-electron chi connectivity index (χ3n) is 2.96. The standard InChI is InChI=1S/C12H14Cl2N2O/c1-12(4-5-15-7-12)16-11(17)9-6-8(13)2-3-10(9)14/h2-3,6,15H,4-5,7H2,1H3,(H,16,17). The molecule has 92 valence electrons. The Morgan fingerprint density at radius 3 is 2.88 bits per heavy atom. The van der Waals surface area contributed by atoms with Crippen LogP contribution in [-0.4, -0.2) is 24.5 Å². The number of carbonyl (C=O) groups excluding carboxylic acids is 1. The lowest BCUT2D eigenvalue weighted by molar-refractivity contribution is 0.0913. The third-order valence-corrected chi connectivity index (χ3v) is 3.52. The van der Waals surface area contributed by atoms with Gasteiger partial charge in [0, 0.05) is 11.6 Å². The molecule has 0 saturated carbocycles. The summed E-state index contributed by atoms with van der Waals surface area (Å²) in [5.41, 5.74) is 0.218. The molecule has 0 bridgehead atoms. The van der Waals surface area contributed by atoms with E-state index < -0.39 is 0 Å². The summed E-state index contributed by atoms with van der Waals surface area (Å²) < 4.78 is 0. The Bertz CT molecular complexity index is 442. The molecule has 1 aromatic carbocycles. The van der Waals surface area contributed by atoms with Gasteiger partial charge in [0.15, 0.2) is 0 Å². The molecule has 1 aliphatic rings. The Balaban J connectivity index is 2.17. The number of halogens is 2. The van der Waals surface area contributed by atoms with Crippen molar-refractivity contribution in [1.29, 1.82) is 0 Å². The molecular formula is C12H14Cl2N2O. The fourth-order valence-corrected chi connectivity index (χ4v) is 2.31. The molecule has 0 aromatic heterocycles. The Labute approximate surface area is 110 Å². The van der Waals surface area contributed by atoms with Crippen LogP contribution in [0.15, 0.2) is 18.2 Å². The van der Waals surface area contributed by atoms with Gasteiger partial charge in [-0.3, -0.25) is 4.79 Å². The molecule has 5 heteroatoms. The Morgan fingerprint density at radius 1 is 1.47 bits per heavy atom. The van der Waals surface area contributed by atoms with Crippen LogP contribution in [0.3, 0.4) is 0 Å². The summed E-state index contributed by atoms with van der Waals surface area (Å²) in [6.45, 7) is 3.71. The second-order valence-corrected chi connectivity index (χ2v) is 5.41. The molecule has 1 amide bonds. The van der Waals surface area contributed by atoms with E-state index in [0.29, 0.717) is 15.6 Å². The first-order valence-electron chi connectivity index (χ1n) is 5.48. The minimum Gasteiger partial charge on any atom is -0.346 e. The van der Waals surface area contributed by atoms with Crippen molar-refractivity contribution in [3.63, 3.8) is 0 Å². The zero-order valence-electron chi connectivity index (χ0n) is 9.52. The van der Waals surface area contributed by atoms with Crippen LogP contribution < -0.4 is 10.6 Å². The lowest BCUT2D eigenvalue weighted by Gasteiger charge is -2.24. The van der Waals surface area contributed by atoms with Gasteiger partial charge in [-0.2, -0.15) is 0 Å². The van der Waals surface area contributed by atoms with Gasteiger partial charge in [-0.15, -0.1) is 0 Å². The quantitative estimate of drug-likeness (QED) is 0.869. The van der Waals surface area contributed by atoms with Crippen molar-refractivity contribution in [2.45, 2.75) is 18.9 Å². The Hall–Kier alpha value is -0.770. The zero-order valence-corrected chi connectivity index (χ0v) is 11.0. The molecule has 1 fully saturated rings. The molecule has 1 heterocycles. The molecule has 17 heavy (non-hydrogen) atoms. The minimum atomic E-state index is -0.206. The highest BCUT2D eigenvalue weighted by Gasteiger charge is 2.30. The highest BCUT2D eigenvalue weighted by atomic mass is 35.5. The van der Waals surface area contributed by atoms with Crippen LogP contribution in [0.2, 0.25) is 10.0 Å². The van der Waals surface area contributed by atoms with E-state index in [-0.39, 0.29) is 11.4 Å². The predicted octanol–water partition coefficient (Wildman–Crippen LogP) is 2.48. The largest absolute Gasteiger partial charge is 0.346 e. The molecule has 3 nitrogen and oxygen atoms in total. The molecule has 0 spiro atoms. The van der Waals surface area contributed by atoms with Crippen LogP contribution in [0, 0.1) is 0 Å². The second kappa shape index (κ2) is 4.84. The monoisotopic (exact) mass is 272 g/mol. The maximum Gasteiger partial charge on any atom is 0.253 e. The van der Waals surface area contributed by atoms with Crippen molar-refractivity contribution in [3.05, 3.63) is 33.8 Å². The van der Waals surface area contributed by atoms with E-state index in [0.717, 1.165) is 19.5 Å². The first kappa shape index (κ1) is 12.7. The molecule has 2 rings (SSSR count). The predicted molar refractivity (Wildman–Crippen MR) is 69.8 cm³/mol. The summed E-state index contributed by atoms with van der Waals surface area (Å²) in [7, 11) is 0. The lowest BCUT2D eigenvalue weighted by atomic mass is 10.0. The Kier molecular flexibility index (Phi) is 3.61. The van der Waals surface area contributed by atoms with E-state index in [1.807, 2.05) is 6.92 Å². The molecule has 2 N–H and O–H groups in total. The van der Waals surface area contributed by atoms with E-state index in [2.05, 4.69) is 10.6 Å². The van der Waals surface area contributed by atoms with E-state index in [1.54, 1.807) is 18.2 Å². The van der Waals surface area contributed by atoms with Gasteiger partial charge in [0.05, 0.1) is 16.1 Å². The first-order chi connectivity index (χ1) is 8.00. The van der Waals surface area contributed by atoms with Crippen molar-refractivity contribution in [2.24, 2.45) is 0 Å². The third kappa shape index (κ3) is 2.92. The van der Waals surface area contributed by atoms with Crippen LogP contribution in [0.5, 0.6) is 0 Å². The highest BCUT2D eigenvalue weighted by Crippen LogP contribution is 2.22. The zero-order chi connectivity index (χ0) is 12.5. The first-order valence-corrected chi connectivity index (χ1v) is 6.24. The van der Waals surface area contributed by atoms with Crippen molar-refractivity contribution in [2.75, 3.05) is 13.1 Å². The van der Waals surface area contributed by atoms with E-state index in [4.69, 9.17) is 23.2 Å². The molecule has 1 atom stereocenters. The van der Waals surface area contributed by atoms with Gasteiger partial charge in [-0.1, -0.05) is 23.2 Å². The number of amides is 1. The molecule has 1 aromatic rings. The average molecular weight is 273 g/mol. The maximum atomic E-state index is 12.1. The smallest absolute Gasteiger partial charge is 0.253 e. The lowest BCUT2D eigenvalue weighted by Crippen LogP contribution is -2.47. The van der Waals surface area contributed by atoms with Crippen molar-refractivity contribution >= 4 is 29.1 Å². The van der Waals surface area contributed by atoms with Gasteiger partial charge >= 0.3 is 0 Å². The Morgan fingerprint density at radius 2 is 2.24 bits per heavy atom. The van der Waals surface area contributed by atoms with Gasteiger partial charge in [0.1, 0.15) is 0 Å². The van der Waals surface area contributed by atoms with E-state index in [9.17, 15) is 4.79 Å².